The molecule has 0 amide bonds. The number of halogens is 1. The molecule has 0 aliphatic carbocycles. The Morgan fingerprint density at radius 3 is 2.79 bits per heavy atom. The zero-order valence-corrected chi connectivity index (χ0v) is 9.17. The summed E-state index contributed by atoms with van der Waals surface area (Å²) in [5.41, 5.74) is 5.51. The van der Waals surface area contributed by atoms with E-state index in [1.165, 1.54) is 13.2 Å². The van der Waals surface area contributed by atoms with Crippen molar-refractivity contribution in [1.82, 2.24) is 0 Å². The summed E-state index contributed by atoms with van der Waals surface area (Å²) in [4.78, 5) is 11.4. The number of nitrogens with two attached hydrogens (primary N) is 1. The number of carbonyl (C=O) groups is 1. The highest BCUT2D eigenvalue weighted by Crippen LogP contribution is 2.35. The van der Waals surface area contributed by atoms with Gasteiger partial charge in [-0.2, -0.15) is 0 Å². The van der Waals surface area contributed by atoms with Crippen molar-refractivity contribution >= 4 is 21.7 Å². The fourth-order valence-electron chi connectivity index (χ4n) is 1.12. The molecule has 0 fully saturated rings. The third-order valence-electron chi connectivity index (χ3n) is 1.75. The summed E-state index contributed by atoms with van der Waals surface area (Å²) in [6.45, 7) is -0.127. The van der Waals surface area contributed by atoms with E-state index in [2.05, 4.69) is 15.9 Å². The number of methoxy groups -OCH3 is 1. The first kappa shape index (κ1) is 11.0. The summed E-state index contributed by atoms with van der Waals surface area (Å²) in [6, 6.07) is 3.01. The highest BCUT2D eigenvalue weighted by atomic mass is 79.9. The average molecular weight is 260 g/mol. The van der Waals surface area contributed by atoms with Gasteiger partial charge in [-0.1, -0.05) is 0 Å². The third-order valence-corrected chi connectivity index (χ3v) is 2.42. The lowest BCUT2D eigenvalue weighted by Gasteiger charge is -2.10. The fourth-order valence-corrected chi connectivity index (χ4v) is 1.65. The van der Waals surface area contributed by atoms with Crippen molar-refractivity contribution in [3.05, 3.63) is 22.2 Å². The SMILES string of the molecule is COc1c(O)ccc(Br)c1C(=O)CN. The zero-order chi connectivity index (χ0) is 10.7. The van der Waals surface area contributed by atoms with Gasteiger partial charge in [0.05, 0.1) is 19.2 Å². The molecule has 0 unspecified atom stereocenters. The van der Waals surface area contributed by atoms with Gasteiger partial charge in [-0.05, 0) is 28.1 Å². The van der Waals surface area contributed by atoms with Crippen molar-refractivity contribution in [2.45, 2.75) is 0 Å². The number of benzene rings is 1. The van der Waals surface area contributed by atoms with Gasteiger partial charge in [0.15, 0.2) is 17.3 Å². The number of hydrogen-bond donors (Lipinski definition) is 2. The molecule has 4 nitrogen and oxygen atoms in total. The maximum atomic E-state index is 11.4. The predicted octanol–water partition coefficient (Wildman–Crippen LogP) is 1.30. The van der Waals surface area contributed by atoms with Crippen molar-refractivity contribution in [2.24, 2.45) is 5.73 Å². The summed E-state index contributed by atoms with van der Waals surface area (Å²) in [5, 5.41) is 9.42. The first-order valence-electron chi connectivity index (χ1n) is 3.90. The lowest BCUT2D eigenvalue weighted by Crippen LogP contribution is -2.15. The van der Waals surface area contributed by atoms with Gasteiger partial charge < -0.3 is 15.6 Å². The van der Waals surface area contributed by atoms with Gasteiger partial charge in [-0.15, -0.1) is 0 Å². The van der Waals surface area contributed by atoms with E-state index >= 15 is 0 Å². The van der Waals surface area contributed by atoms with Gasteiger partial charge in [0.2, 0.25) is 0 Å². The Kier molecular flexibility index (Phi) is 3.49. The van der Waals surface area contributed by atoms with E-state index < -0.39 is 0 Å². The highest BCUT2D eigenvalue weighted by Gasteiger charge is 2.17. The van der Waals surface area contributed by atoms with Crippen LogP contribution in [-0.4, -0.2) is 24.5 Å². The van der Waals surface area contributed by atoms with Crippen molar-refractivity contribution < 1.29 is 14.6 Å². The van der Waals surface area contributed by atoms with Crippen molar-refractivity contribution in [3.63, 3.8) is 0 Å². The van der Waals surface area contributed by atoms with Crippen molar-refractivity contribution in [3.8, 4) is 11.5 Å². The van der Waals surface area contributed by atoms with Crippen LogP contribution >= 0.6 is 15.9 Å². The Bertz CT molecular complexity index is 365. The molecule has 1 aromatic rings. The number of phenolic OH excluding ortho intramolecular Hbond substituents is 1. The quantitative estimate of drug-likeness (QED) is 0.803. The lowest BCUT2D eigenvalue weighted by atomic mass is 10.1. The molecule has 0 bridgehead atoms. The summed E-state index contributed by atoms with van der Waals surface area (Å²) >= 11 is 3.20. The number of carbonyl (C=O) groups excluding carboxylic acids is 1. The van der Waals surface area contributed by atoms with E-state index in [1.54, 1.807) is 6.07 Å². The molecule has 0 saturated carbocycles. The van der Waals surface area contributed by atoms with Crippen molar-refractivity contribution in [2.75, 3.05) is 13.7 Å². The number of Topliss-reactive ketones (excluding diaryl/α,β-unsaturated/α-hetero) is 1. The van der Waals surface area contributed by atoms with Crippen LogP contribution in [0.2, 0.25) is 0 Å². The summed E-state index contributed by atoms with van der Waals surface area (Å²) in [6.07, 6.45) is 0. The Morgan fingerprint density at radius 2 is 2.29 bits per heavy atom. The molecular formula is C9H10BrNO3. The molecule has 0 radical (unpaired) electrons. The van der Waals surface area contributed by atoms with Crippen LogP contribution in [0.5, 0.6) is 11.5 Å². The molecule has 1 rings (SSSR count). The Hall–Kier alpha value is -1.07. The van der Waals surface area contributed by atoms with E-state index in [4.69, 9.17) is 10.5 Å². The molecular weight excluding hydrogens is 250 g/mol. The maximum Gasteiger partial charge on any atom is 0.181 e. The molecule has 0 aliphatic rings. The Morgan fingerprint density at radius 1 is 1.64 bits per heavy atom. The summed E-state index contributed by atoms with van der Waals surface area (Å²) in [5.74, 6) is -0.216. The smallest absolute Gasteiger partial charge is 0.181 e. The van der Waals surface area contributed by atoms with Gasteiger partial charge in [-0.3, -0.25) is 4.79 Å². The zero-order valence-electron chi connectivity index (χ0n) is 7.58. The summed E-state index contributed by atoms with van der Waals surface area (Å²) < 4.78 is 5.48. The first-order valence-corrected chi connectivity index (χ1v) is 4.69. The molecule has 14 heavy (non-hydrogen) atoms. The second kappa shape index (κ2) is 4.43. The van der Waals surface area contributed by atoms with Crippen molar-refractivity contribution in [1.29, 1.82) is 0 Å². The van der Waals surface area contributed by atoms with Crippen LogP contribution in [0.3, 0.4) is 0 Å². The van der Waals surface area contributed by atoms with Crippen LogP contribution < -0.4 is 10.5 Å². The minimum absolute atomic E-state index is 0.0764. The maximum absolute atomic E-state index is 11.4. The first-order chi connectivity index (χ1) is 6.61. The molecule has 1 aromatic carbocycles. The highest BCUT2D eigenvalue weighted by molar-refractivity contribution is 9.10. The summed E-state index contributed by atoms with van der Waals surface area (Å²) in [7, 11) is 1.38. The lowest BCUT2D eigenvalue weighted by molar-refractivity contribution is 0.0997. The van der Waals surface area contributed by atoms with E-state index in [1.807, 2.05) is 0 Å². The number of ketones is 1. The molecule has 76 valence electrons. The van der Waals surface area contributed by atoms with Crippen LogP contribution in [0, 0.1) is 0 Å². The van der Waals surface area contributed by atoms with Crippen LogP contribution in [0.1, 0.15) is 10.4 Å². The number of phenols is 1. The molecule has 0 aliphatic heterocycles. The normalized spacial score (nSPS) is 9.93. The number of aromatic hydroxyl groups is 1. The number of ether oxygens (including phenoxy) is 1. The molecule has 5 heteroatoms. The van der Waals surface area contributed by atoms with Gasteiger partial charge in [-0.25, -0.2) is 0 Å². The second-order valence-corrected chi connectivity index (χ2v) is 3.46. The molecule has 0 saturated heterocycles. The fraction of sp³-hybridized carbons (Fsp3) is 0.222. The molecule has 0 aromatic heterocycles. The third kappa shape index (κ3) is 1.88. The van der Waals surface area contributed by atoms with Gasteiger partial charge in [0, 0.05) is 4.47 Å². The average Bonchev–Trinajstić information content (AvgIpc) is 2.19. The minimum Gasteiger partial charge on any atom is -0.504 e. The Balaban J connectivity index is 3.37. The predicted molar refractivity (Wildman–Crippen MR) is 55.7 cm³/mol. The van der Waals surface area contributed by atoms with E-state index in [-0.39, 0.29) is 29.4 Å². The van der Waals surface area contributed by atoms with Crippen LogP contribution in [0.4, 0.5) is 0 Å². The second-order valence-electron chi connectivity index (χ2n) is 2.60. The monoisotopic (exact) mass is 259 g/mol. The molecule has 0 heterocycles. The van der Waals surface area contributed by atoms with Gasteiger partial charge >= 0.3 is 0 Å². The van der Waals surface area contributed by atoms with E-state index in [0.29, 0.717) is 4.47 Å². The molecule has 0 spiro atoms. The molecule has 0 atom stereocenters. The van der Waals surface area contributed by atoms with E-state index in [0.717, 1.165) is 0 Å². The largest absolute Gasteiger partial charge is 0.504 e. The Labute approximate surface area is 89.8 Å². The van der Waals surface area contributed by atoms with Crippen LogP contribution in [0.25, 0.3) is 0 Å². The van der Waals surface area contributed by atoms with Gasteiger partial charge in [0.25, 0.3) is 0 Å². The van der Waals surface area contributed by atoms with Gasteiger partial charge in [0.1, 0.15) is 0 Å². The topological polar surface area (TPSA) is 72.5 Å². The minimum atomic E-state index is -0.287. The van der Waals surface area contributed by atoms with Crippen LogP contribution in [-0.2, 0) is 0 Å². The standard InChI is InChI=1S/C9H10BrNO3/c1-14-9-6(12)3-2-5(10)8(9)7(13)4-11/h2-3,12H,4,11H2,1H3. The number of rotatable bonds is 3. The number of hydrogen-bond acceptors (Lipinski definition) is 4. The molecule has 3 N–H and O–H groups in total. The van der Waals surface area contributed by atoms with E-state index in [9.17, 15) is 9.90 Å². The van der Waals surface area contributed by atoms with Crippen LogP contribution in [0.15, 0.2) is 16.6 Å².